The summed E-state index contributed by atoms with van der Waals surface area (Å²) in [6, 6.07) is 0.485. The van der Waals surface area contributed by atoms with Crippen molar-refractivity contribution in [3.63, 3.8) is 0 Å². The number of piperidine rings is 1. The van der Waals surface area contributed by atoms with Gasteiger partial charge in [0.05, 0.1) is 0 Å². The molecule has 0 unspecified atom stereocenters. The molecular formula is C14H27N3O. The molecule has 0 aromatic heterocycles. The third-order valence-corrected chi connectivity index (χ3v) is 4.14. The molecule has 2 N–H and O–H groups in total. The van der Waals surface area contributed by atoms with Crippen LogP contribution in [-0.2, 0) is 4.79 Å². The third-order valence-electron chi connectivity index (χ3n) is 4.14. The molecule has 0 saturated carbocycles. The molecular weight excluding hydrogens is 226 g/mol. The fourth-order valence-electron chi connectivity index (χ4n) is 3.03. The zero-order valence-electron chi connectivity index (χ0n) is 11.6. The van der Waals surface area contributed by atoms with Crippen LogP contribution in [0, 0.1) is 5.92 Å². The van der Waals surface area contributed by atoms with Crippen LogP contribution in [0.4, 0.5) is 0 Å². The summed E-state index contributed by atoms with van der Waals surface area (Å²) in [5.74, 6) is 0.498. The predicted molar refractivity (Wildman–Crippen MR) is 73.5 cm³/mol. The second-order valence-corrected chi connectivity index (χ2v) is 5.77. The number of likely N-dealkylation sites (tertiary alicyclic amines) is 1. The van der Waals surface area contributed by atoms with Crippen molar-refractivity contribution in [2.45, 2.75) is 45.1 Å². The first-order valence-corrected chi connectivity index (χ1v) is 7.49. The topological polar surface area (TPSA) is 44.4 Å². The maximum Gasteiger partial charge on any atom is 0.223 e. The number of rotatable bonds is 5. The lowest BCUT2D eigenvalue weighted by Crippen LogP contribution is -2.42. The van der Waals surface area contributed by atoms with Gasteiger partial charge in [0.15, 0.2) is 0 Å². The number of amides is 1. The van der Waals surface area contributed by atoms with Crippen LogP contribution in [-0.4, -0.2) is 49.6 Å². The van der Waals surface area contributed by atoms with Crippen molar-refractivity contribution in [2.75, 3.05) is 32.7 Å². The van der Waals surface area contributed by atoms with E-state index in [0.29, 0.717) is 6.04 Å². The van der Waals surface area contributed by atoms with Gasteiger partial charge >= 0.3 is 0 Å². The zero-order chi connectivity index (χ0) is 12.8. The first-order valence-electron chi connectivity index (χ1n) is 7.49. The first kappa shape index (κ1) is 13.8. The molecule has 0 bridgehead atoms. The monoisotopic (exact) mass is 253 g/mol. The van der Waals surface area contributed by atoms with E-state index in [2.05, 4.69) is 22.5 Å². The van der Waals surface area contributed by atoms with Gasteiger partial charge in [-0.3, -0.25) is 4.79 Å². The van der Waals surface area contributed by atoms with Crippen molar-refractivity contribution >= 4 is 5.91 Å². The lowest BCUT2D eigenvalue weighted by molar-refractivity contribution is -0.126. The average molecular weight is 253 g/mol. The van der Waals surface area contributed by atoms with Gasteiger partial charge in [-0.1, -0.05) is 0 Å². The lowest BCUT2D eigenvalue weighted by atomic mass is 9.92. The Balaban J connectivity index is 1.56. The summed E-state index contributed by atoms with van der Waals surface area (Å²) in [5.41, 5.74) is 0. The van der Waals surface area contributed by atoms with Crippen LogP contribution in [0.25, 0.3) is 0 Å². The van der Waals surface area contributed by atoms with Gasteiger partial charge in [-0.05, 0) is 65.2 Å². The smallest absolute Gasteiger partial charge is 0.223 e. The van der Waals surface area contributed by atoms with E-state index in [0.717, 1.165) is 38.9 Å². The van der Waals surface area contributed by atoms with Gasteiger partial charge in [0.1, 0.15) is 0 Å². The minimum atomic E-state index is 0.230. The summed E-state index contributed by atoms with van der Waals surface area (Å²) < 4.78 is 0. The van der Waals surface area contributed by atoms with E-state index in [1.54, 1.807) is 0 Å². The van der Waals surface area contributed by atoms with Gasteiger partial charge in [-0.15, -0.1) is 0 Å². The molecule has 0 aliphatic carbocycles. The molecule has 0 aromatic rings. The zero-order valence-corrected chi connectivity index (χ0v) is 11.6. The van der Waals surface area contributed by atoms with Crippen LogP contribution in [0.3, 0.4) is 0 Å². The number of hydrogen-bond acceptors (Lipinski definition) is 3. The summed E-state index contributed by atoms with van der Waals surface area (Å²) >= 11 is 0. The van der Waals surface area contributed by atoms with E-state index in [4.69, 9.17) is 0 Å². The molecule has 1 amide bonds. The lowest BCUT2D eigenvalue weighted by Gasteiger charge is -2.27. The highest BCUT2D eigenvalue weighted by atomic mass is 16.1. The predicted octanol–water partition coefficient (Wildman–Crippen LogP) is 0.977. The van der Waals surface area contributed by atoms with Crippen molar-refractivity contribution < 1.29 is 4.79 Å². The van der Waals surface area contributed by atoms with Gasteiger partial charge in [0.25, 0.3) is 0 Å². The van der Waals surface area contributed by atoms with Gasteiger partial charge in [-0.2, -0.15) is 0 Å². The van der Waals surface area contributed by atoms with E-state index < -0.39 is 0 Å². The van der Waals surface area contributed by atoms with E-state index in [-0.39, 0.29) is 11.8 Å². The second kappa shape index (κ2) is 7.10. The number of hydrogen-bond donors (Lipinski definition) is 2. The molecule has 2 aliphatic heterocycles. The number of nitrogens with one attached hydrogen (secondary N) is 2. The highest BCUT2D eigenvalue weighted by molar-refractivity contribution is 5.78. The molecule has 2 fully saturated rings. The molecule has 2 aliphatic rings. The summed E-state index contributed by atoms with van der Waals surface area (Å²) in [7, 11) is 0. The van der Waals surface area contributed by atoms with Gasteiger partial charge in [-0.25, -0.2) is 0 Å². The second-order valence-electron chi connectivity index (χ2n) is 5.77. The highest BCUT2D eigenvalue weighted by Gasteiger charge is 2.24. The van der Waals surface area contributed by atoms with Crippen LogP contribution < -0.4 is 10.6 Å². The molecule has 104 valence electrons. The van der Waals surface area contributed by atoms with Crippen LogP contribution in [0.15, 0.2) is 0 Å². The molecule has 0 spiro atoms. The normalized spacial score (nSPS) is 29.4. The summed E-state index contributed by atoms with van der Waals surface area (Å²) in [6.07, 6.45) is 5.76. The summed E-state index contributed by atoms with van der Waals surface area (Å²) in [5, 5.41) is 6.49. The van der Waals surface area contributed by atoms with E-state index in [1.807, 2.05) is 0 Å². The molecule has 2 atom stereocenters. The van der Waals surface area contributed by atoms with Crippen LogP contribution in [0.2, 0.25) is 0 Å². The fourth-order valence-corrected chi connectivity index (χ4v) is 3.03. The minimum Gasteiger partial charge on any atom is -0.356 e. The Morgan fingerprint density at radius 1 is 1.39 bits per heavy atom. The first-order chi connectivity index (χ1) is 8.75. The number of carbonyl (C=O) groups excluding carboxylic acids is 1. The summed E-state index contributed by atoms with van der Waals surface area (Å²) in [4.78, 5) is 14.5. The van der Waals surface area contributed by atoms with Crippen molar-refractivity contribution in [3.05, 3.63) is 0 Å². The quantitative estimate of drug-likeness (QED) is 0.718. The Morgan fingerprint density at radius 3 is 2.89 bits per heavy atom. The maximum absolute atomic E-state index is 12.0. The molecule has 0 radical (unpaired) electrons. The minimum absolute atomic E-state index is 0.230. The molecule has 4 nitrogen and oxygen atoms in total. The molecule has 4 heteroatoms. The number of carbonyl (C=O) groups is 1. The Morgan fingerprint density at radius 2 is 2.17 bits per heavy atom. The van der Waals surface area contributed by atoms with E-state index in [1.165, 1.54) is 25.9 Å². The Kier molecular flexibility index (Phi) is 5.45. The molecule has 2 rings (SSSR count). The number of nitrogens with zero attached hydrogens (tertiary/aromatic N) is 1. The Labute approximate surface area is 110 Å². The molecule has 2 saturated heterocycles. The van der Waals surface area contributed by atoms with Crippen LogP contribution in [0.5, 0.6) is 0 Å². The van der Waals surface area contributed by atoms with Gasteiger partial charge in [0.2, 0.25) is 5.91 Å². The Hall–Kier alpha value is -0.610. The average Bonchev–Trinajstić information content (AvgIpc) is 2.87. The van der Waals surface area contributed by atoms with E-state index in [9.17, 15) is 4.79 Å². The van der Waals surface area contributed by atoms with E-state index >= 15 is 0 Å². The Bertz CT molecular complexity index is 264. The fraction of sp³-hybridized carbons (Fsp3) is 0.929. The van der Waals surface area contributed by atoms with Crippen molar-refractivity contribution in [2.24, 2.45) is 5.92 Å². The van der Waals surface area contributed by atoms with Crippen LogP contribution in [0.1, 0.15) is 39.0 Å². The third kappa shape index (κ3) is 4.25. The molecule has 2 heterocycles. The van der Waals surface area contributed by atoms with Crippen molar-refractivity contribution in [3.8, 4) is 0 Å². The highest BCUT2D eigenvalue weighted by Crippen LogP contribution is 2.15. The SMILES string of the molecule is C[C@H]1C[C@@H](C(=O)NCCCN2CCCC2)CCN1. The van der Waals surface area contributed by atoms with Crippen LogP contribution >= 0.6 is 0 Å². The molecule has 18 heavy (non-hydrogen) atoms. The van der Waals surface area contributed by atoms with Gasteiger partial charge < -0.3 is 15.5 Å². The van der Waals surface area contributed by atoms with Crippen molar-refractivity contribution in [1.29, 1.82) is 0 Å². The maximum atomic E-state index is 12.0. The van der Waals surface area contributed by atoms with Crippen molar-refractivity contribution in [1.82, 2.24) is 15.5 Å². The molecule has 0 aromatic carbocycles. The standard InChI is InChI=1S/C14H27N3O/c1-12-11-13(5-7-15-12)14(18)16-6-4-10-17-8-2-3-9-17/h12-13,15H,2-11H2,1H3,(H,16,18)/t12-,13-/m0/s1. The summed E-state index contributed by atoms with van der Waals surface area (Å²) in [6.45, 7) is 7.62. The van der Waals surface area contributed by atoms with Gasteiger partial charge in [0, 0.05) is 18.5 Å². The largest absolute Gasteiger partial charge is 0.356 e.